The summed E-state index contributed by atoms with van der Waals surface area (Å²) in [5, 5.41) is 4.32. The topological polar surface area (TPSA) is 47.4 Å². The van der Waals surface area contributed by atoms with Crippen LogP contribution in [-0.2, 0) is 17.8 Å². The van der Waals surface area contributed by atoms with E-state index in [1.807, 2.05) is 36.4 Å². The Balaban J connectivity index is 1.80. The Kier molecular flexibility index (Phi) is 2.80. The van der Waals surface area contributed by atoms with Gasteiger partial charge in [0.25, 0.3) is 0 Å². The third kappa shape index (κ3) is 2.60. The first-order chi connectivity index (χ1) is 8.94. The first kappa shape index (κ1) is 12.5. The molecule has 2 aliphatic rings. The van der Waals surface area contributed by atoms with Crippen LogP contribution in [-0.4, -0.2) is 32.4 Å². The molecule has 0 radical (unpaired) electrons. The first-order valence-electron chi connectivity index (χ1n) is 6.94. The maximum Gasteiger partial charge on any atom is 0.410 e. The Bertz CT molecular complexity index is 485. The number of carbonyl (C=O) groups is 1. The van der Waals surface area contributed by atoms with Crippen molar-refractivity contribution in [2.24, 2.45) is 5.92 Å². The lowest BCUT2D eigenvalue weighted by Gasteiger charge is -2.37. The third-order valence-corrected chi connectivity index (χ3v) is 3.69. The van der Waals surface area contributed by atoms with Crippen molar-refractivity contribution < 1.29 is 9.53 Å². The van der Waals surface area contributed by atoms with Crippen LogP contribution in [0.4, 0.5) is 4.79 Å². The second-order valence-corrected chi connectivity index (χ2v) is 6.52. The van der Waals surface area contributed by atoms with Gasteiger partial charge in [0.2, 0.25) is 0 Å². The van der Waals surface area contributed by atoms with Gasteiger partial charge in [-0.05, 0) is 45.6 Å². The highest BCUT2D eigenvalue weighted by atomic mass is 16.6. The van der Waals surface area contributed by atoms with Crippen molar-refractivity contribution in [3.05, 3.63) is 18.0 Å². The molecule has 1 fully saturated rings. The molecule has 0 spiro atoms. The van der Waals surface area contributed by atoms with Crippen LogP contribution < -0.4 is 0 Å². The van der Waals surface area contributed by atoms with E-state index in [0.29, 0.717) is 12.5 Å². The van der Waals surface area contributed by atoms with Gasteiger partial charge in [0.05, 0.1) is 24.8 Å². The van der Waals surface area contributed by atoms with E-state index in [2.05, 4.69) is 5.10 Å². The molecule has 5 nitrogen and oxygen atoms in total. The van der Waals surface area contributed by atoms with Gasteiger partial charge >= 0.3 is 6.09 Å². The van der Waals surface area contributed by atoms with E-state index in [9.17, 15) is 4.79 Å². The van der Waals surface area contributed by atoms with Crippen LogP contribution in [0.25, 0.3) is 0 Å². The van der Waals surface area contributed by atoms with Gasteiger partial charge in [0.15, 0.2) is 0 Å². The zero-order chi connectivity index (χ0) is 13.6. The van der Waals surface area contributed by atoms with E-state index >= 15 is 0 Å². The largest absolute Gasteiger partial charge is 0.444 e. The number of fused-ring (bicyclic) bond motifs is 1. The molecule has 2 heterocycles. The van der Waals surface area contributed by atoms with E-state index in [0.717, 1.165) is 12.2 Å². The van der Waals surface area contributed by atoms with Crippen molar-refractivity contribution in [3.63, 3.8) is 0 Å². The van der Waals surface area contributed by atoms with Gasteiger partial charge in [-0.3, -0.25) is 9.58 Å². The molecule has 1 atom stereocenters. The van der Waals surface area contributed by atoms with Crippen LogP contribution in [0.3, 0.4) is 0 Å². The highest BCUT2D eigenvalue weighted by Gasteiger charge is 2.42. The molecule has 1 aliphatic heterocycles. The normalized spacial score (nSPS) is 23.1. The minimum atomic E-state index is -0.442. The molecule has 1 aromatic heterocycles. The summed E-state index contributed by atoms with van der Waals surface area (Å²) in [5.74, 6) is 0.616. The van der Waals surface area contributed by atoms with Crippen LogP contribution in [0.2, 0.25) is 0 Å². The Morgan fingerprint density at radius 1 is 1.42 bits per heavy atom. The Hall–Kier alpha value is -1.52. The highest BCUT2D eigenvalue weighted by molar-refractivity contribution is 5.69. The van der Waals surface area contributed by atoms with E-state index in [4.69, 9.17) is 4.74 Å². The molecule has 1 amide bonds. The number of carbonyl (C=O) groups excluding carboxylic acids is 1. The van der Waals surface area contributed by atoms with Gasteiger partial charge in [-0.1, -0.05) is 0 Å². The molecule has 1 aromatic rings. The zero-order valence-electron chi connectivity index (χ0n) is 11.8. The number of aromatic nitrogens is 2. The second-order valence-electron chi connectivity index (χ2n) is 6.52. The average Bonchev–Trinajstić information content (AvgIpc) is 3.04. The SMILES string of the molecule is CC(C)(C)OC(=O)N1Cc2ccnn2CC1C1CC1. The maximum absolute atomic E-state index is 12.4. The quantitative estimate of drug-likeness (QED) is 0.781. The monoisotopic (exact) mass is 263 g/mol. The van der Waals surface area contributed by atoms with E-state index in [1.54, 1.807) is 6.20 Å². The summed E-state index contributed by atoms with van der Waals surface area (Å²) in [6.45, 7) is 7.13. The van der Waals surface area contributed by atoms with Crippen molar-refractivity contribution in [2.75, 3.05) is 0 Å². The molecule has 0 bridgehead atoms. The van der Waals surface area contributed by atoms with Crippen molar-refractivity contribution in [1.82, 2.24) is 14.7 Å². The molecule has 104 valence electrons. The Morgan fingerprint density at radius 2 is 2.16 bits per heavy atom. The number of nitrogens with zero attached hydrogens (tertiary/aromatic N) is 3. The van der Waals surface area contributed by atoms with Crippen molar-refractivity contribution in [1.29, 1.82) is 0 Å². The lowest BCUT2D eigenvalue weighted by Crippen LogP contribution is -2.49. The molecular weight excluding hydrogens is 242 g/mol. The van der Waals surface area contributed by atoms with Gasteiger partial charge in [0, 0.05) is 6.20 Å². The fraction of sp³-hybridized carbons (Fsp3) is 0.714. The van der Waals surface area contributed by atoms with Gasteiger partial charge < -0.3 is 4.74 Å². The first-order valence-corrected chi connectivity index (χ1v) is 6.94. The molecule has 19 heavy (non-hydrogen) atoms. The van der Waals surface area contributed by atoms with Crippen LogP contribution in [0.5, 0.6) is 0 Å². The molecule has 1 unspecified atom stereocenters. The molecule has 0 aromatic carbocycles. The van der Waals surface area contributed by atoms with Crippen LogP contribution in [0.1, 0.15) is 39.3 Å². The summed E-state index contributed by atoms with van der Waals surface area (Å²) in [4.78, 5) is 14.3. The van der Waals surface area contributed by atoms with Gasteiger partial charge in [-0.25, -0.2) is 4.79 Å². The molecule has 0 N–H and O–H groups in total. The van der Waals surface area contributed by atoms with Crippen molar-refractivity contribution in [3.8, 4) is 0 Å². The summed E-state index contributed by atoms with van der Waals surface area (Å²) in [7, 11) is 0. The van der Waals surface area contributed by atoms with Crippen molar-refractivity contribution >= 4 is 6.09 Å². The fourth-order valence-corrected chi connectivity index (χ4v) is 2.63. The highest BCUT2D eigenvalue weighted by Crippen LogP contribution is 2.38. The fourth-order valence-electron chi connectivity index (χ4n) is 2.63. The predicted molar refractivity (Wildman–Crippen MR) is 70.5 cm³/mol. The minimum absolute atomic E-state index is 0.197. The summed E-state index contributed by atoms with van der Waals surface area (Å²) in [5.41, 5.74) is 0.644. The molecule has 1 saturated carbocycles. The summed E-state index contributed by atoms with van der Waals surface area (Å²) in [6, 6.07) is 2.21. The van der Waals surface area contributed by atoms with Gasteiger partial charge in [-0.2, -0.15) is 5.10 Å². The standard InChI is InChI=1S/C14H21N3O2/c1-14(2,3)19-13(18)16-8-11-6-7-15-17(11)9-12(16)10-4-5-10/h6-7,10,12H,4-5,8-9H2,1-3H3. The smallest absolute Gasteiger partial charge is 0.410 e. The number of ether oxygens (including phenoxy) is 1. The molecule has 0 saturated heterocycles. The molecule has 1 aliphatic carbocycles. The van der Waals surface area contributed by atoms with Crippen LogP contribution >= 0.6 is 0 Å². The maximum atomic E-state index is 12.4. The molecular formula is C14H21N3O2. The predicted octanol–water partition coefficient (Wildman–Crippen LogP) is 2.41. The zero-order valence-corrected chi connectivity index (χ0v) is 11.8. The summed E-state index contributed by atoms with van der Waals surface area (Å²) < 4.78 is 7.55. The molecule has 3 rings (SSSR count). The summed E-state index contributed by atoms with van der Waals surface area (Å²) in [6.07, 6.45) is 4.02. The Morgan fingerprint density at radius 3 is 2.79 bits per heavy atom. The second kappa shape index (κ2) is 4.25. The van der Waals surface area contributed by atoms with Gasteiger partial charge in [-0.15, -0.1) is 0 Å². The number of rotatable bonds is 1. The van der Waals surface area contributed by atoms with Crippen molar-refractivity contribution in [2.45, 2.75) is 58.3 Å². The molecule has 5 heteroatoms. The van der Waals surface area contributed by atoms with Crippen LogP contribution in [0.15, 0.2) is 12.3 Å². The minimum Gasteiger partial charge on any atom is -0.444 e. The number of hydrogen-bond donors (Lipinski definition) is 0. The number of hydrogen-bond acceptors (Lipinski definition) is 3. The lowest BCUT2D eigenvalue weighted by atomic mass is 10.1. The van der Waals surface area contributed by atoms with E-state index < -0.39 is 5.60 Å². The Labute approximate surface area is 113 Å². The van der Waals surface area contributed by atoms with E-state index in [1.165, 1.54) is 12.8 Å². The van der Waals surface area contributed by atoms with Crippen LogP contribution in [0, 0.1) is 5.92 Å². The van der Waals surface area contributed by atoms with E-state index in [-0.39, 0.29) is 12.1 Å². The third-order valence-electron chi connectivity index (χ3n) is 3.69. The average molecular weight is 263 g/mol. The summed E-state index contributed by atoms with van der Waals surface area (Å²) >= 11 is 0. The number of amides is 1. The lowest BCUT2D eigenvalue weighted by molar-refractivity contribution is 0.00365. The van der Waals surface area contributed by atoms with Gasteiger partial charge in [0.1, 0.15) is 5.60 Å².